The van der Waals surface area contributed by atoms with Crippen LogP contribution in [0.2, 0.25) is 0 Å². The molecule has 1 N–H and O–H groups in total. The van der Waals surface area contributed by atoms with Gasteiger partial charge in [0.15, 0.2) is 6.61 Å². The van der Waals surface area contributed by atoms with Gasteiger partial charge < -0.3 is 9.64 Å². The van der Waals surface area contributed by atoms with Gasteiger partial charge in [-0.2, -0.15) is 5.10 Å². The number of carbonyl (C=O) groups is 1. The average molecular weight is 356 g/mol. The number of hydrazone groups is 1. The Morgan fingerprint density at radius 3 is 2.73 bits per heavy atom. The van der Waals surface area contributed by atoms with Crippen molar-refractivity contribution in [2.24, 2.45) is 5.10 Å². The molecule has 2 aromatic carbocycles. The number of nitro benzene ring substituents is 1. The highest BCUT2D eigenvalue weighted by Crippen LogP contribution is 2.22. The molecule has 0 atom stereocenters. The molecule has 0 saturated carbocycles. The molecule has 136 valence electrons. The van der Waals surface area contributed by atoms with Crippen LogP contribution in [0.25, 0.3) is 0 Å². The fourth-order valence-corrected chi connectivity index (χ4v) is 2.23. The zero-order valence-electron chi connectivity index (χ0n) is 14.8. The van der Waals surface area contributed by atoms with Crippen molar-refractivity contribution < 1.29 is 14.5 Å². The molecule has 8 heteroatoms. The fraction of sp³-hybridized carbons (Fsp3) is 0.222. The third-order valence-electron chi connectivity index (χ3n) is 3.46. The Morgan fingerprint density at radius 2 is 2.08 bits per heavy atom. The van der Waals surface area contributed by atoms with E-state index in [1.165, 1.54) is 18.3 Å². The SMILES string of the molecule is Cc1cccc(OCC(=O)NN=Cc2cc([N+](=O)[O-])ccc2N(C)C)c1. The molecule has 1 amide bonds. The standard InChI is InChI=1S/C18H20N4O4/c1-13-5-4-6-16(9-13)26-12-18(23)20-19-11-14-10-15(22(24)25)7-8-17(14)21(2)3/h4-11H,12H2,1-3H3,(H,20,23). The fourth-order valence-electron chi connectivity index (χ4n) is 2.23. The van der Waals surface area contributed by atoms with Gasteiger partial charge >= 0.3 is 0 Å². The van der Waals surface area contributed by atoms with Crippen molar-refractivity contribution in [3.05, 3.63) is 63.7 Å². The lowest BCUT2D eigenvalue weighted by molar-refractivity contribution is -0.384. The Balaban J connectivity index is 1.99. The Bertz CT molecular complexity index is 834. The number of ether oxygens (including phenoxy) is 1. The molecule has 0 radical (unpaired) electrons. The van der Waals surface area contributed by atoms with Crippen molar-refractivity contribution in [3.8, 4) is 5.75 Å². The van der Waals surface area contributed by atoms with Gasteiger partial charge in [0.05, 0.1) is 11.1 Å². The van der Waals surface area contributed by atoms with Crippen LogP contribution in [0.3, 0.4) is 0 Å². The predicted molar refractivity (Wildman–Crippen MR) is 99.8 cm³/mol. The number of rotatable bonds is 7. The van der Waals surface area contributed by atoms with Crippen molar-refractivity contribution in [2.45, 2.75) is 6.92 Å². The summed E-state index contributed by atoms with van der Waals surface area (Å²) in [5.74, 6) is 0.164. The van der Waals surface area contributed by atoms with Crippen molar-refractivity contribution in [3.63, 3.8) is 0 Å². The first-order valence-electron chi connectivity index (χ1n) is 7.84. The van der Waals surface area contributed by atoms with Crippen molar-refractivity contribution in [2.75, 3.05) is 25.6 Å². The van der Waals surface area contributed by atoms with Gasteiger partial charge in [0.1, 0.15) is 5.75 Å². The van der Waals surface area contributed by atoms with E-state index in [1.54, 1.807) is 17.0 Å². The summed E-state index contributed by atoms with van der Waals surface area (Å²) in [6.45, 7) is 1.74. The number of nitro groups is 1. The number of nitrogens with zero attached hydrogens (tertiary/aromatic N) is 3. The van der Waals surface area contributed by atoms with Gasteiger partial charge in [-0.15, -0.1) is 0 Å². The molecule has 8 nitrogen and oxygen atoms in total. The maximum absolute atomic E-state index is 11.8. The van der Waals surface area contributed by atoms with Crippen LogP contribution in [0.15, 0.2) is 47.6 Å². The van der Waals surface area contributed by atoms with E-state index in [9.17, 15) is 14.9 Å². The topological polar surface area (TPSA) is 97.1 Å². The minimum absolute atomic E-state index is 0.0499. The van der Waals surface area contributed by atoms with Crippen LogP contribution in [0.5, 0.6) is 5.75 Å². The van der Waals surface area contributed by atoms with Gasteiger partial charge in [-0.3, -0.25) is 14.9 Å². The molecular weight excluding hydrogens is 336 g/mol. The number of aryl methyl sites for hydroxylation is 1. The highest BCUT2D eigenvalue weighted by Gasteiger charge is 2.11. The van der Waals surface area contributed by atoms with Crippen molar-refractivity contribution in [1.82, 2.24) is 5.43 Å². The van der Waals surface area contributed by atoms with Crippen LogP contribution in [-0.4, -0.2) is 37.7 Å². The summed E-state index contributed by atoms with van der Waals surface area (Å²) < 4.78 is 5.38. The van der Waals surface area contributed by atoms with Crippen LogP contribution < -0.4 is 15.1 Å². The highest BCUT2D eigenvalue weighted by molar-refractivity contribution is 5.90. The third-order valence-corrected chi connectivity index (χ3v) is 3.46. The van der Waals surface area contributed by atoms with E-state index in [2.05, 4.69) is 10.5 Å². The van der Waals surface area contributed by atoms with E-state index < -0.39 is 10.8 Å². The Hall–Kier alpha value is -3.42. The maximum atomic E-state index is 11.8. The van der Waals surface area contributed by atoms with Crippen molar-refractivity contribution in [1.29, 1.82) is 0 Å². The van der Waals surface area contributed by atoms with Crippen LogP contribution >= 0.6 is 0 Å². The molecule has 0 aliphatic carbocycles. The molecule has 0 saturated heterocycles. The summed E-state index contributed by atoms with van der Waals surface area (Å²) in [7, 11) is 3.62. The zero-order chi connectivity index (χ0) is 19.1. The average Bonchev–Trinajstić information content (AvgIpc) is 2.59. The number of amides is 1. The molecule has 26 heavy (non-hydrogen) atoms. The van der Waals surface area contributed by atoms with Crippen molar-refractivity contribution >= 4 is 23.5 Å². The highest BCUT2D eigenvalue weighted by atomic mass is 16.6. The van der Waals surface area contributed by atoms with Crippen LogP contribution in [-0.2, 0) is 4.79 Å². The van der Waals surface area contributed by atoms with E-state index >= 15 is 0 Å². The normalized spacial score (nSPS) is 10.6. The molecule has 0 aliphatic heterocycles. The second-order valence-electron chi connectivity index (χ2n) is 5.79. The molecule has 0 spiro atoms. The number of hydrogen-bond donors (Lipinski definition) is 1. The Labute approximate surface area is 151 Å². The second-order valence-corrected chi connectivity index (χ2v) is 5.79. The first kappa shape index (κ1) is 18.9. The summed E-state index contributed by atoms with van der Waals surface area (Å²) in [5, 5.41) is 14.8. The van der Waals surface area contributed by atoms with Crippen LogP contribution in [0.4, 0.5) is 11.4 Å². The number of benzene rings is 2. The first-order chi connectivity index (χ1) is 12.4. The zero-order valence-corrected chi connectivity index (χ0v) is 14.8. The smallest absolute Gasteiger partial charge is 0.277 e. The van der Waals surface area contributed by atoms with Gasteiger partial charge in [0.25, 0.3) is 11.6 Å². The molecule has 0 aromatic heterocycles. The summed E-state index contributed by atoms with van der Waals surface area (Å²) in [6.07, 6.45) is 1.37. The Morgan fingerprint density at radius 1 is 1.31 bits per heavy atom. The molecule has 0 fully saturated rings. The lowest BCUT2D eigenvalue weighted by atomic mass is 10.1. The molecular formula is C18H20N4O4. The summed E-state index contributed by atoms with van der Waals surface area (Å²) in [4.78, 5) is 24.1. The third kappa shape index (κ3) is 5.30. The van der Waals surface area contributed by atoms with Gasteiger partial charge in [-0.1, -0.05) is 12.1 Å². The van der Waals surface area contributed by atoms with Gasteiger partial charge in [0, 0.05) is 37.5 Å². The van der Waals surface area contributed by atoms with Crippen LogP contribution in [0.1, 0.15) is 11.1 Å². The minimum Gasteiger partial charge on any atom is -0.484 e. The number of nitrogens with one attached hydrogen (secondary N) is 1. The number of anilines is 1. The summed E-state index contributed by atoms with van der Waals surface area (Å²) in [5.41, 5.74) is 4.59. The van der Waals surface area contributed by atoms with E-state index in [-0.39, 0.29) is 12.3 Å². The molecule has 0 heterocycles. The van der Waals surface area contributed by atoms with E-state index in [0.29, 0.717) is 11.3 Å². The maximum Gasteiger partial charge on any atom is 0.277 e. The van der Waals surface area contributed by atoms with E-state index in [4.69, 9.17) is 4.74 Å². The summed E-state index contributed by atoms with van der Waals surface area (Å²) >= 11 is 0. The quantitative estimate of drug-likeness (QED) is 0.467. The monoisotopic (exact) mass is 356 g/mol. The minimum atomic E-state index is -0.481. The second kappa shape index (κ2) is 8.61. The predicted octanol–water partition coefficient (Wildman–Crippen LogP) is 2.50. The Kier molecular flexibility index (Phi) is 6.26. The summed E-state index contributed by atoms with van der Waals surface area (Å²) in [6, 6.07) is 11.8. The molecule has 2 aromatic rings. The molecule has 0 unspecified atom stereocenters. The number of hydrogen-bond acceptors (Lipinski definition) is 6. The molecule has 0 bridgehead atoms. The molecule has 0 aliphatic rings. The first-order valence-corrected chi connectivity index (χ1v) is 7.84. The lowest BCUT2D eigenvalue weighted by Crippen LogP contribution is -2.24. The lowest BCUT2D eigenvalue weighted by Gasteiger charge is -2.14. The largest absolute Gasteiger partial charge is 0.484 e. The van der Waals surface area contributed by atoms with Crippen LogP contribution in [0, 0.1) is 17.0 Å². The van der Waals surface area contributed by atoms with Gasteiger partial charge in [0.2, 0.25) is 0 Å². The molecule has 2 rings (SSSR count). The van der Waals surface area contributed by atoms with E-state index in [0.717, 1.165) is 11.3 Å². The number of non-ortho nitro benzene ring substituents is 1. The van der Waals surface area contributed by atoms with Gasteiger partial charge in [-0.25, -0.2) is 5.43 Å². The van der Waals surface area contributed by atoms with E-state index in [1.807, 2.05) is 39.2 Å². The number of carbonyl (C=O) groups excluding carboxylic acids is 1. The van der Waals surface area contributed by atoms with Gasteiger partial charge in [-0.05, 0) is 30.7 Å².